The highest BCUT2D eigenvalue weighted by Gasteiger charge is 2.07. The molecule has 0 N–H and O–H groups in total. The lowest BCUT2D eigenvalue weighted by molar-refractivity contribution is 0.724. The second kappa shape index (κ2) is 3.67. The number of rotatable bonds is 2. The second-order valence-electron chi connectivity index (χ2n) is 4.04. The largest absolute Gasteiger partial charge is 0.340 e. The summed E-state index contributed by atoms with van der Waals surface area (Å²) in [4.78, 5) is 0. The number of benzene rings is 2. The van der Waals surface area contributed by atoms with Gasteiger partial charge in [-0.2, -0.15) is 0 Å². The molecule has 1 heterocycles. The molecule has 0 bridgehead atoms. The van der Waals surface area contributed by atoms with E-state index in [1.54, 1.807) is 0 Å². The van der Waals surface area contributed by atoms with E-state index < -0.39 is 0 Å². The van der Waals surface area contributed by atoms with E-state index in [9.17, 15) is 0 Å². The number of hydrogen-bond acceptors (Lipinski definition) is 0. The van der Waals surface area contributed by atoms with Gasteiger partial charge >= 0.3 is 0 Å². The summed E-state index contributed by atoms with van der Waals surface area (Å²) in [6, 6.07) is 18.7. The maximum atomic E-state index is 3.16. The van der Waals surface area contributed by atoms with Gasteiger partial charge in [0.05, 0.1) is 0 Å². The molecule has 0 aliphatic heterocycles. The fourth-order valence-electron chi connectivity index (χ4n) is 2.34. The van der Waals surface area contributed by atoms with Crippen molar-refractivity contribution in [2.75, 3.05) is 0 Å². The first-order valence-electron chi connectivity index (χ1n) is 5.70. The number of aromatic nitrogens is 1. The molecule has 1 nitrogen and oxygen atoms in total. The van der Waals surface area contributed by atoms with Gasteiger partial charge in [-0.05, 0) is 42.8 Å². The summed E-state index contributed by atoms with van der Waals surface area (Å²) < 4.78 is 2.38. The van der Waals surface area contributed by atoms with Crippen LogP contribution in [-0.4, -0.2) is 4.57 Å². The Morgan fingerprint density at radius 3 is 2.06 bits per heavy atom. The number of hydrogen-bond donors (Lipinski definition) is 0. The second-order valence-corrected chi connectivity index (χ2v) is 4.04. The Kier molecular flexibility index (Phi) is 2.17. The highest BCUT2D eigenvalue weighted by atomic mass is 15.0. The smallest absolute Gasteiger partial charge is 0.0491 e. The van der Waals surface area contributed by atoms with Crippen LogP contribution in [-0.2, 0) is 6.54 Å². The molecule has 16 heavy (non-hydrogen) atoms. The Bertz CT molecular complexity index is 581. The minimum Gasteiger partial charge on any atom is -0.340 e. The molecule has 0 spiro atoms. The first kappa shape index (κ1) is 9.46. The van der Waals surface area contributed by atoms with Crippen LogP contribution in [0, 0.1) is 12.1 Å². The van der Waals surface area contributed by atoms with Crippen LogP contribution >= 0.6 is 0 Å². The fraction of sp³-hybridized carbons (Fsp3) is 0.200. The van der Waals surface area contributed by atoms with Crippen LogP contribution < -0.4 is 0 Å². The molecule has 0 unspecified atom stereocenters. The third-order valence-electron chi connectivity index (χ3n) is 3.00. The molecule has 3 aromatic rings. The molecular weight excluding hydrogens is 194 g/mol. The summed E-state index contributed by atoms with van der Waals surface area (Å²) in [6.07, 6.45) is 1.15. The van der Waals surface area contributed by atoms with E-state index in [0.717, 1.165) is 13.0 Å². The molecule has 78 valence electrons. The zero-order chi connectivity index (χ0) is 11.0. The van der Waals surface area contributed by atoms with Crippen molar-refractivity contribution < 1.29 is 0 Å². The summed E-state index contributed by atoms with van der Waals surface area (Å²) in [6.45, 7) is 3.27. The van der Waals surface area contributed by atoms with Gasteiger partial charge in [0, 0.05) is 28.4 Å². The molecule has 2 aromatic carbocycles. The fourth-order valence-corrected chi connectivity index (χ4v) is 2.34. The van der Waals surface area contributed by atoms with Gasteiger partial charge in [0.25, 0.3) is 0 Å². The van der Waals surface area contributed by atoms with Crippen LogP contribution in [0.2, 0.25) is 0 Å². The molecular formula is C15H13N. The normalized spacial score (nSPS) is 11.3. The Balaban J connectivity index is 2.49. The van der Waals surface area contributed by atoms with Crippen LogP contribution in [0.25, 0.3) is 21.8 Å². The predicted octanol–water partition coefficient (Wildman–Crippen LogP) is 3.80. The van der Waals surface area contributed by atoms with Gasteiger partial charge in [-0.25, -0.2) is 0 Å². The predicted molar refractivity (Wildman–Crippen MR) is 67.4 cm³/mol. The Hall–Kier alpha value is -1.76. The molecule has 0 aliphatic rings. The van der Waals surface area contributed by atoms with Gasteiger partial charge < -0.3 is 4.57 Å². The highest BCUT2D eigenvalue weighted by Crippen LogP contribution is 2.28. The van der Waals surface area contributed by atoms with Crippen molar-refractivity contribution in [1.82, 2.24) is 4.57 Å². The third-order valence-corrected chi connectivity index (χ3v) is 3.00. The zero-order valence-corrected chi connectivity index (χ0v) is 9.33. The molecule has 0 amide bonds. The highest BCUT2D eigenvalue weighted by molar-refractivity contribution is 6.07. The number of aryl methyl sites for hydroxylation is 1. The zero-order valence-electron chi connectivity index (χ0n) is 9.33. The lowest BCUT2D eigenvalue weighted by Crippen LogP contribution is -1.95. The number of nitrogens with zero attached hydrogens (tertiary/aromatic N) is 1. The van der Waals surface area contributed by atoms with Crippen LogP contribution in [0.5, 0.6) is 0 Å². The molecule has 0 fully saturated rings. The summed E-state index contributed by atoms with van der Waals surface area (Å²) in [7, 11) is 0. The van der Waals surface area contributed by atoms with Gasteiger partial charge in [0.1, 0.15) is 0 Å². The average molecular weight is 207 g/mol. The van der Waals surface area contributed by atoms with E-state index in [-0.39, 0.29) is 0 Å². The summed E-state index contributed by atoms with van der Waals surface area (Å²) in [5.74, 6) is 0. The molecule has 0 atom stereocenters. The van der Waals surface area contributed by atoms with Gasteiger partial charge in [0.2, 0.25) is 0 Å². The van der Waals surface area contributed by atoms with Crippen molar-refractivity contribution in [3.8, 4) is 0 Å². The molecule has 0 saturated heterocycles. The van der Waals surface area contributed by atoms with E-state index in [1.165, 1.54) is 21.8 Å². The standard InChI is InChI=1S/C15H13N/c1-2-11-16-14-9-5-3-7-12(14)13-8-4-6-10-15(13)16/h5-10H,2,11H2,1H3. The summed E-state index contributed by atoms with van der Waals surface area (Å²) >= 11 is 0. The Labute approximate surface area is 95.3 Å². The minimum absolute atomic E-state index is 1.06. The van der Waals surface area contributed by atoms with E-state index >= 15 is 0 Å². The first-order chi connectivity index (χ1) is 7.92. The van der Waals surface area contributed by atoms with Crippen molar-refractivity contribution in [3.05, 3.63) is 48.5 Å². The Morgan fingerprint density at radius 1 is 1.00 bits per heavy atom. The quantitative estimate of drug-likeness (QED) is 0.602. The van der Waals surface area contributed by atoms with Crippen LogP contribution in [0.4, 0.5) is 0 Å². The summed E-state index contributed by atoms with van der Waals surface area (Å²) in [5.41, 5.74) is 2.60. The van der Waals surface area contributed by atoms with E-state index in [0.29, 0.717) is 0 Å². The molecule has 3 rings (SSSR count). The van der Waals surface area contributed by atoms with E-state index in [1.807, 2.05) is 12.1 Å². The lowest BCUT2D eigenvalue weighted by Gasteiger charge is -2.04. The molecule has 2 radical (unpaired) electrons. The average Bonchev–Trinajstić information content (AvgIpc) is 2.66. The van der Waals surface area contributed by atoms with Gasteiger partial charge in [-0.15, -0.1) is 0 Å². The molecule has 1 aromatic heterocycles. The monoisotopic (exact) mass is 207 g/mol. The Morgan fingerprint density at radius 2 is 1.56 bits per heavy atom. The van der Waals surface area contributed by atoms with E-state index in [4.69, 9.17) is 0 Å². The van der Waals surface area contributed by atoms with Crippen LogP contribution in [0.3, 0.4) is 0 Å². The maximum absolute atomic E-state index is 3.16. The van der Waals surface area contributed by atoms with Crippen molar-refractivity contribution >= 4 is 21.8 Å². The van der Waals surface area contributed by atoms with Gasteiger partial charge in [0.15, 0.2) is 0 Å². The van der Waals surface area contributed by atoms with Crippen molar-refractivity contribution in [3.63, 3.8) is 0 Å². The van der Waals surface area contributed by atoms with Crippen molar-refractivity contribution in [2.45, 2.75) is 19.9 Å². The van der Waals surface area contributed by atoms with E-state index in [2.05, 4.69) is 47.9 Å². The number of fused-ring (bicyclic) bond motifs is 3. The third kappa shape index (κ3) is 1.25. The lowest BCUT2D eigenvalue weighted by atomic mass is 10.2. The minimum atomic E-state index is 1.06. The van der Waals surface area contributed by atoms with Gasteiger partial charge in [-0.3, -0.25) is 0 Å². The van der Waals surface area contributed by atoms with Crippen molar-refractivity contribution in [1.29, 1.82) is 0 Å². The van der Waals surface area contributed by atoms with Crippen LogP contribution in [0.1, 0.15) is 13.3 Å². The SMILES string of the molecule is CCCn1c2cc[c]cc2c2c[c]ccc21. The summed E-state index contributed by atoms with van der Waals surface area (Å²) in [5, 5.41) is 2.56. The van der Waals surface area contributed by atoms with Gasteiger partial charge in [-0.1, -0.05) is 19.1 Å². The topological polar surface area (TPSA) is 4.93 Å². The van der Waals surface area contributed by atoms with Crippen LogP contribution in [0.15, 0.2) is 36.4 Å². The molecule has 0 saturated carbocycles. The molecule has 0 aliphatic carbocycles. The molecule has 1 heteroatoms. The maximum Gasteiger partial charge on any atom is 0.0491 e. The first-order valence-corrected chi connectivity index (χ1v) is 5.70. The van der Waals surface area contributed by atoms with Crippen molar-refractivity contribution in [2.24, 2.45) is 0 Å².